The van der Waals surface area contributed by atoms with Gasteiger partial charge in [-0.05, 0) is 0 Å². The van der Waals surface area contributed by atoms with Gasteiger partial charge in [-0.3, -0.25) is 4.55 Å². The topological polar surface area (TPSA) is 169 Å². The number of hydrogen-bond acceptors (Lipinski definition) is 6. The molecule has 2 atom stereocenters. The minimum atomic E-state index is -5.68. The first-order valence-electron chi connectivity index (χ1n) is 2.88. The molecule has 10 heteroatoms. The van der Waals surface area contributed by atoms with Gasteiger partial charge >= 0.3 is 27.0 Å². The summed E-state index contributed by atoms with van der Waals surface area (Å²) >= 11 is 0. The molecule has 5 N–H and O–H groups in total. The molecule has 0 aromatic rings. The second kappa shape index (κ2) is 3.49. The van der Waals surface area contributed by atoms with E-state index in [9.17, 15) is 18.0 Å². The number of hydrogen-bond donors (Lipinski definition) is 5. The molecule has 0 saturated carbocycles. The van der Waals surface area contributed by atoms with Gasteiger partial charge in [-0.1, -0.05) is 0 Å². The van der Waals surface area contributed by atoms with Gasteiger partial charge in [0.05, 0.1) is 0 Å². The van der Waals surface area contributed by atoms with Crippen LogP contribution in [0.4, 0.5) is 0 Å². The van der Waals surface area contributed by atoms with E-state index in [0.717, 1.165) is 0 Å². The van der Waals surface area contributed by atoms with Crippen LogP contribution in [-0.2, 0) is 19.7 Å². The third kappa shape index (κ3) is 1.82. The molecule has 14 heavy (non-hydrogen) atoms. The van der Waals surface area contributed by atoms with Gasteiger partial charge in [-0.2, -0.15) is 8.42 Å². The molecule has 0 aromatic carbocycles. The first kappa shape index (κ1) is 12.8. The van der Waals surface area contributed by atoms with Crippen LogP contribution in [0.15, 0.2) is 0 Å². The predicted molar refractivity (Wildman–Crippen MR) is 37.8 cm³/mol. The van der Waals surface area contributed by atoms with Gasteiger partial charge in [0.25, 0.3) is 0 Å². The van der Waals surface area contributed by atoms with Crippen LogP contribution >= 0.6 is 0 Å². The van der Waals surface area contributed by atoms with Crippen LogP contribution < -0.4 is 0 Å². The average molecular weight is 230 g/mol. The molecule has 9 nitrogen and oxygen atoms in total. The highest BCUT2D eigenvalue weighted by molar-refractivity contribution is 7.88. The van der Waals surface area contributed by atoms with Gasteiger partial charge in [0.15, 0.2) is 0 Å². The molecule has 0 aliphatic heterocycles. The Bertz CT molecular complexity index is 355. The lowest BCUT2D eigenvalue weighted by atomic mass is 10.2. The highest BCUT2D eigenvalue weighted by Gasteiger charge is 2.58. The monoisotopic (exact) mass is 230 g/mol. The molecule has 0 spiro atoms. The highest BCUT2D eigenvalue weighted by atomic mass is 32.2. The van der Waals surface area contributed by atoms with Gasteiger partial charge in [0.1, 0.15) is 0 Å². The van der Waals surface area contributed by atoms with Gasteiger partial charge < -0.3 is 20.4 Å². The van der Waals surface area contributed by atoms with Gasteiger partial charge in [0.2, 0.25) is 6.10 Å². The molecule has 0 bridgehead atoms. The van der Waals surface area contributed by atoms with Gasteiger partial charge in [-0.25, -0.2) is 9.59 Å². The zero-order valence-corrected chi connectivity index (χ0v) is 7.17. The number of aliphatic hydroxyl groups is 2. The molecule has 0 radical (unpaired) electrons. The summed E-state index contributed by atoms with van der Waals surface area (Å²) in [6.07, 6.45) is -3.20. The fraction of sp³-hybridized carbons (Fsp3) is 0.500. The van der Waals surface area contributed by atoms with Crippen molar-refractivity contribution < 1.29 is 43.0 Å². The van der Waals surface area contributed by atoms with Crippen LogP contribution in [0.3, 0.4) is 0 Å². The Morgan fingerprint density at radius 2 is 1.57 bits per heavy atom. The molecule has 0 aromatic heterocycles. The first-order valence-corrected chi connectivity index (χ1v) is 4.32. The Hall–Kier alpha value is -1.23. The average Bonchev–Trinajstić information content (AvgIpc) is 1.98. The summed E-state index contributed by atoms with van der Waals surface area (Å²) in [5.41, 5.74) is 0. The normalized spacial score (nSPS) is 18.2. The van der Waals surface area contributed by atoms with Crippen molar-refractivity contribution in [2.45, 2.75) is 11.0 Å². The largest absolute Gasteiger partial charge is 0.479 e. The minimum absolute atomic E-state index is 2.31. The molecule has 82 valence electrons. The maximum Gasteiger partial charge on any atom is 0.358 e. The van der Waals surface area contributed by atoms with E-state index in [1.54, 1.807) is 0 Å². The van der Waals surface area contributed by atoms with E-state index in [2.05, 4.69) is 0 Å². The molecule has 0 aliphatic rings. The number of carboxylic acid groups (broad SMARTS) is 2. The Kier molecular flexibility index (Phi) is 3.19. The van der Waals surface area contributed by atoms with Gasteiger partial charge in [0, 0.05) is 0 Å². The van der Waals surface area contributed by atoms with E-state index in [0.29, 0.717) is 0 Å². The van der Waals surface area contributed by atoms with E-state index in [1.807, 2.05) is 0 Å². The second-order valence-corrected chi connectivity index (χ2v) is 3.79. The summed E-state index contributed by atoms with van der Waals surface area (Å²) in [4.78, 5) is 16.1. The van der Waals surface area contributed by atoms with Crippen LogP contribution in [-0.4, -0.2) is 56.4 Å². The molecule has 0 amide bonds. The van der Waals surface area contributed by atoms with Crippen molar-refractivity contribution in [1.29, 1.82) is 0 Å². The lowest BCUT2D eigenvalue weighted by Gasteiger charge is -2.21. The number of carbonyl (C=O) groups is 2. The summed E-state index contributed by atoms with van der Waals surface area (Å²) < 4.78 is 28.9. The molecule has 0 aliphatic carbocycles. The molecule has 0 fully saturated rings. The number of aliphatic carboxylic acids is 2. The first-order chi connectivity index (χ1) is 6.05. The van der Waals surface area contributed by atoms with E-state index in [-0.39, 0.29) is 0 Å². The van der Waals surface area contributed by atoms with E-state index < -0.39 is 33.1 Å². The molecule has 0 rings (SSSR count). The number of rotatable bonds is 4. The number of aliphatic hydroxyl groups excluding tert-OH is 1. The van der Waals surface area contributed by atoms with E-state index in [4.69, 9.17) is 25.0 Å². The predicted octanol–water partition coefficient (Wildman–Crippen LogP) is -2.91. The van der Waals surface area contributed by atoms with Crippen LogP contribution in [0.1, 0.15) is 0 Å². The van der Waals surface area contributed by atoms with Crippen molar-refractivity contribution in [3.05, 3.63) is 0 Å². The molecular weight excluding hydrogens is 224 g/mol. The fourth-order valence-electron chi connectivity index (χ4n) is 0.536. The minimum Gasteiger partial charge on any atom is -0.479 e. The van der Waals surface area contributed by atoms with Crippen LogP contribution in [0, 0.1) is 0 Å². The zero-order valence-electron chi connectivity index (χ0n) is 6.35. The summed E-state index contributed by atoms with van der Waals surface area (Å²) in [6.45, 7) is 0. The summed E-state index contributed by atoms with van der Waals surface area (Å²) in [7, 11) is -5.68. The Morgan fingerprint density at radius 3 is 1.64 bits per heavy atom. The van der Waals surface area contributed by atoms with Crippen LogP contribution in [0.25, 0.3) is 0 Å². The smallest absolute Gasteiger partial charge is 0.358 e. The van der Waals surface area contributed by atoms with E-state index >= 15 is 0 Å². The summed E-state index contributed by atoms with van der Waals surface area (Å²) in [6, 6.07) is 0. The Morgan fingerprint density at radius 1 is 1.21 bits per heavy atom. The van der Waals surface area contributed by atoms with Crippen LogP contribution in [0.2, 0.25) is 0 Å². The van der Waals surface area contributed by atoms with Crippen LogP contribution in [0.5, 0.6) is 0 Å². The third-order valence-electron chi connectivity index (χ3n) is 1.30. The van der Waals surface area contributed by atoms with Gasteiger partial charge in [-0.15, -0.1) is 0 Å². The van der Waals surface area contributed by atoms with E-state index in [1.165, 1.54) is 0 Å². The molecule has 0 saturated heterocycles. The fourth-order valence-corrected chi connectivity index (χ4v) is 1.14. The standard InChI is InChI=1S/C4H6O9S/c5-1(2(6)7)4(10,3(8)9)14(11,12)13/h1,5,10H,(H,6,7)(H,8,9)(H,11,12,13). The SMILES string of the molecule is O=C(O)C(O)C(O)(C(=O)O)S(=O)(=O)O. The number of carboxylic acids is 2. The zero-order chi connectivity index (χ0) is 11.7. The molecule has 0 heterocycles. The molecular formula is C4H6O9S. The highest BCUT2D eigenvalue weighted by Crippen LogP contribution is 2.18. The van der Waals surface area contributed by atoms with Crippen molar-refractivity contribution in [2.75, 3.05) is 0 Å². The summed E-state index contributed by atoms with van der Waals surface area (Å²) in [5, 5.41) is 33.6. The maximum absolute atomic E-state index is 10.3. The second-order valence-electron chi connectivity index (χ2n) is 2.22. The lowest BCUT2D eigenvalue weighted by Crippen LogP contribution is -2.58. The van der Waals surface area contributed by atoms with Crippen molar-refractivity contribution in [1.82, 2.24) is 0 Å². The van der Waals surface area contributed by atoms with Crippen molar-refractivity contribution >= 4 is 22.1 Å². The quantitative estimate of drug-likeness (QED) is 0.317. The lowest BCUT2D eigenvalue weighted by molar-refractivity contribution is -0.171. The van der Waals surface area contributed by atoms with Crippen molar-refractivity contribution in [2.24, 2.45) is 0 Å². The molecule has 2 unspecified atom stereocenters. The maximum atomic E-state index is 10.3. The van der Waals surface area contributed by atoms with Crippen molar-refractivity contribution in [3.8, 4) is 0 Å². The summed E-state index contributed by atoms with van der Waals surface area (Å²) in [5.74, 6) is -4.91. The Labute approximate surface area is 77.0 Å². The Balaban J connectivity index is 5.57. The third-order valence-corrected chi connectivity index (χ3v) is 2.49. The van der Waals surface area contributed by atoms with Crippen molar-refractivity contribution in [3.63, 3.8) is 0 Å².